The van der Waals surface area contributed by atoms with Crippen LogP contribution in [-0.2, 0) is 11.8 Å². The topological polar surface area (TPSA) is 84.8 Å². The van der Waals surface area contributed by atoms with Crippen molar-refractivity contribution in [3.05, 3.63) is 43.0 Å². The fourth-order valence-electron chi connectivity index (χ4n) is 3.63. The summed E-state index contributed by atoms with van der Waals surface area (Å²) < 4.78 is 7.39. The van der Waals surface area contributed by atoms with Crippen LogP contribution < -0.4 is 4.90 Å². The number of hydrogen-bond acceptors (Lipinski definition) is 6. The van der Waals surface area contributed by atoms with Gasteiger partial charge in [0.25, 0.3) is 0 Å². The fraction of sp³-hybridized carbons (Fsp3) is 0.333. The maximum Gasteiger partial charge on any atom is 0.162 e. The van der Waals surface area contributed by atoms with Gasteiger partial charge in [-0.05, 0) is 19.1 Å². The molecule has 1 N–H and O–H groups in total. The summed E-state index contributed by atoms with van der Waals surface area (Å²) in [5.41, 5.74) is 3.60. The number of anilines is 1. The smallest absolute Gasteiger partial charge is 0.162 e. The van der Waals surface area contributed by atoms with Crippen LogP contribution in [0.3, 0.4) is 0 Å². The Morgan fingerprint density at radius 1 is 1.24 bits per heavy atom. The van der Waals surface area contributed by atoms with Gasteiger partial charge >= 0.3 is 0 Å². The number of morpholine rings is 1. The number of ether oxygens (including phenoxy) is 1. The molecule has 5 heterocycles. The number of nitrogens with one attached hydrogen (secondary N) is 1. The number of pyridine rings is 1. The molecule has 4 aromatic rings. The van der Waals surface area contributed by atoms with Crippen LogP contribution in [0.25, 0.3) is 33.7 Å². The molecule has 1 atom stereocenters. The highest BCUT2D eigenvalue weighted by Gasteiger charge is 2.23. The van der Waals surface area contributed by atoms with Crippen molar-refractivity contribution in [3.63, 3.8) is 0 Å². The lowest BCUT2D eigenvalue weighted by Gasteiger charge is -2.34. The van der Waals surface area contributed by atoms with Gasteiger partial charge in [-0.2, -0.15) is 5.10 Å². The van der Waals surface area contributed by atoms with Gasteiger partial charge in [0.05, 0.1) is 31.1 Å². The quantitative estimate of drug-likeness (QED) is 0.577. The average molecular weight is 391 g/mol. The van der Waals surface area contributed by atoms with E-state index in [1.54, 1.807) is 10.9 Å². The van der Waals surface area contributed by atoms with E-state index in [0.717, 1.165) is 40.2 Å². The minimum Gasteiger partial charge on any atom is -0.377 e. The van der Waals surface area contributed by atoms with E-state index in [9.17, 15) is 0 Å². The van der Waals surface area contributed by atoms with Crippen LogP contribution in [0.15, 0.2) is 43.0 Å². The summed E-state index contributed by atoms with van der Waals surface area (Å²) in [7, 11) is 1.91. The van der Waals surface area contributed by atoms with E-state index in [1.165, 1.54) is 0 Å². The molecule has 8 heteroatoms. The van der Waals surface area contributed by atoms with E-state index in [-0.39, 0.29) is 13.5 Å². The number of aromatic nitrogens is 6. The molecule has 5 rings (SSSR count). The molecular weight excluding hydrogens is 366 g/mol. The monoisotopic (exact) mass is 391 g/mol. The lowest BCUT2D eigenvalue weighted by atomic mass is 10.1. The Morgan fingerprint density at radius 2 is 2.14 bits per heavy atom. The molecule has 0 aromatic carbocycles. The van der Waals surface area contributed by atoms with Gasteiger partial charge < -0.3 is 14.6 Å². The predicted octanol–water partition coefficient (Wildman–Crippen LogP) is 3.28. The van der Waals surface area contributed by atoms with E-state index in [1.807, 2.05) is 43.8 Å². The molecule has 150 valence electrons. The predicted molar refractivity (Wildman–Crippen MR) is 114 cm³/mol. The highest BCUT2D eigenvalue weighted by Crippen LogP contribution is 2.30. The zero-order valence-corrected chi connectivity index (χ0v) is 15.8. The van der Waals surface area contributed by atoms with Gasteiger partial charge in [0.1, 0.15) is 11.5 Å². The summed E-state index contributed by atoms with van der Waals surface area (Å²) in [6, 6.07) is 6.26. The van der Waals surface area contributed by atoms with Gasteiger partial charge in [0.15, 0.2) is 5.82 Å². The van der Waals surface area contributed by atoms with Crippen molar-refractivity contribution in [2.45, 2.75) is 20.4 Å². The van der Waals surface area contributed by atoms with Gasteiger partial charge in [0, 0.05) is 54.8 Å². The molecule has 29 heavy (non-hydrogen) atoms. The van der Waals surface area contributed by atoms with Crippen molar-refractivity contribution in [2.24, 2.45) is 7.05 Å². The second-order valence-electron chi connectivity index (χ2n) is 7.05. The molecule has 0 bridgehead atoms. The Hall–Kier alpha value is -3.26. The second-order valence-corrected chi connectivity index (χ2v) is 7.05. The molecule has 0 saturated carbocycles. The molecule has 0 spiro atoms. The van der Waals surface area contributed by atoms with Gasteiger partial charge in [-0.15, -0.1) is 0 Å². The van der Waals surface area contributed by atoms with E-state index >= 15 is 0 Å². The van der Waals surface area contributed by atoms with Crippen molar-refractivity contribution in [2.75, 3.05) is 24.7 Å². The number of fused-ring (bicyclic) bond motifs is 1. The Morgan fingerprint density at radius 3 is 2.93 bits per heavy atom. The minimum absolute atomic E-state index is 0. The van der Waals surface area contributed by atoms with E-state index in [2.05, 4.69) is 26.9 Å². The van der Waals surface area contributed by atoms with Crippen LogP contribution >= 0.6 is 0 Å². The number of aromatic amines is 1. The first-order valence-electron chi connectivity index (χ1n) is 9.34. The summed E-state index contributed by atoms with van der Waals surface area (Å²) in [5.74, 6) is 1.59. The molecule has 0 radical (unpaired) electrons. The van der Waals surface area contributed by atoms with Gasteiger partial charge in [-0.25, -0.2) is 15.0 Å². The van der Waals surface area contributed by atoms with Crippen molar-refractivity contribution in [3.8, 4) is 22.6 Å². The molecular formula is C21H25N7O. The maximum atomic E-state index is 5.60. The summed E-state index contributed by atoms with van der Waals surface area (Å²) >= 11 is 0. The van der Waals surface area contributed by atoms with Gasteiger partial charge in [-0.1, -0.05) is 7.43 Å². The summed E-state index contributed by atoms with van der Waals surface area (Å²) in [6.07, 6.45) is 7.47. The van der Waals surface area contributed by atoms with Crippen LogP contribution in [0.5, 0.6) is 0 Å². The standard InChI is InChI=1S/C20H21N7O.CH4/c1-13-12-28-8-7-27(13)18-9-17(14-10-23-26(2)11-14)24-20(25-18)16-4-6-22-19-15(16)3-5-21-19;/h3-6,9-11,13H,7-8,12H2,1-2H3,(H,21,22);1H4/t13-;/m1./s1. The minimum atomic E-state index is 0. The number of aryl methyl sites for hydroxylation is 1. The molecule has 8 nitrogen and oxygen atoms in total. The van der Waals surface area contributed by atoms with E-state index in [4.69, 9.17) is 14.7 Å². The molecule has 1 aliphatic heterocycles. The average Bonchev–Trinajstić information content (AvgIpc) is 3.36. The van der Waals surface area contributed by atoms with Gasteiger partial charge in [-0.3, -0.25) is 4.68 Å². The lowest BCUT2D eigenvalue weighted by Crippen LogP contribution is -2.44. The first kappa shape index (κ1) is 19.1. The molecule has 0 aliphatic carbocycles. The summed E-state index contributed by atoms with van der Waals surface area (Å²) in [6.45, 7) is 4.35. The number of nitrogens with zero attached hydrogens (tertiary/aromatic N) is 6. The third-order valence-electron chi connectivity index (χ3n) is 5.08. The van der Waals surface area contributed by atoms with Crippen molar-refractivity contribution in [1.82, 2.24) is 29.7 Å². The maximum absolute atomic E-state index is 5.60. The van der Waals surface area contributed by atoms with Crippen molar-refractivity contribution >= 4 is 16.9 Å². The number of hydrogen-bond donors (Lipinski definition) is 1. The molecule has 1 fully saturated rings. The first-order chi connectivity index (χ1) is 13.7. The van der Waals surface area contributed by atoms with Crippen LogP contribution in [0.1, 0.15) is 14.4 Å². The highest BCUT2D eigenvalue weighted by atomic mass is 16.5. The van der Waals surface area contributed by atoms with Crippen LogP contribution in [-0.4, -0.2) is 55.5 Å². The van der Waals surface area contributed by atoms with Crippen LogP contribution in [0, 0.1) is 0 Å². The second kappa shape index (κ2) is 7.63. The summed E-state index contributed by atoms with van der Waals surface area (Å²) in [5, 5.41) is 5.31. The van der Waals surface area contributed by atoms with Crippen LogP contribution in [0.2, 0.25) is 0 Å². The Balaban J connectivity index is 0.00000205. The highest BCUT2D eigenvalue weighted by molar-refractivity contribution is 5.91. The normalized spacial score (nSPS) is 16.8. The van der Waals surface area contributed by atoms with Gasteiger partial charge in [0.2, 0.25) is 0 Å². The summed E-state index contributed by atoms with van der Waals surface area (Å²) in [4.78, 5) is 19.6. The number of H-pyrrole nitrogens is 1. The Labute approximate surface area is 169 Å². The van der Waals surface area contributed by atoms with E-state index in [0.29, 0.717) is 19.0 Å². The van der Waals surface area contributed by atoms with E-state index < -0.39 is 0 Å². The fourth-order valence-corrected chi connectivity index (χ4v) is 3.63. The first-order valence-corrected chi connectivity index (χ1v) is 9.34. The molecule has 1 saturated heterocycles. The largest absolute Gasteiger partial charge is 0.377 e. The number of rotatable bonds is 3. The molecule has 1 aliphatic rings. The SMILES string of the molecule is C.C[C@@H]1COCCN1c1cc(-c2cnn(C)c2)nc(-c2ccnc3[nH]ccc23)n1. The van der Waals surface area contributed by atoms with Crippen LogP contribution in [0.4, 0.5) is 5.82 Å². The zero-order valence-electron chi connectivity index (χ0n) is 15.8. The molecule has 4 aromatic heterocycles. The third-order valence-corrected chi connectivity index (χ3v) is 5.08. The third kappa shape index (κ3) is 3.47. The molecule has 0 unspecified atom stereocenters. The Bertz CT molecular complexity index is 1130. The zero-order chi connectivity index (χ0) is 19.1. The molecule has 0 amide bonds. The lowest BCUT2D eigenvalue weighted by molar-refractivity contribution is 0.0985. The van der Waals surface area contributed by atoms with Crippen molar-refractivity contribution < 1.29 is 4.74 Å². The Kier molecular flexibility index (Phi) is 5.02. The van der Waals surface area contributed by atoms with Crippen molar-refractivity contribution in [1.29, 1.82) is 0 Å².